The van der Waals surface area contributed by atoms with Crippen LogP contribution in [0.4, 0.5) is 0 Å². The summed E-state index contributed by atoms with van der Waals surface area (Å²) in [5, 5.41) is 4.29. The van der Waals surface area contributed by atoms with E-state index in [0.717, 1.165) is 37.2 Å². The number of carbonyl (C=O) groups is 2. The summed E-state index contributed by atoms with van der Waals surface area (Å²) in [4.78, 5) is 25.7. The summed E-state index contributed by atoms with van der Waals surface area (Å²) in [7, 11) is 0. The Morgan fingerprint density at radius 2 is 2.14 bits per heavy atom. The van der Waals surface area contributed by atoms with Crippen molar-refractivity contribution in [3.05, 3.63) is 17.5 Å². The van der Waals surface area contributed by atoms with E-state index in [2.05, 4.69) is 5.10 Å². The fraction of sp³-hybridized carbons (Fsp3) is 0.688. The fourth-order valence-electron chi connectivity index (χ4n) is 2.86. The molecular weight excluding hydrogens is 282 g/mol. The van der Waals surface area contributed by atoms with Crippen LogP contribution in [0.15, 0.2) is 6.07 Å². The van der Waals surface area contributed by atoms with Crippen LogP contribution < -0.4 is 0 Å². The summed E-state index contributed by atoms with van der Waals surface area (Å²) in [6.45, 7) is 7.00. The first kappa shape index (κ1) is 16.5. The number of piperidine rings is 1. The number of hydrogen-bond acceptors (Lipinski definition) is 4. The second-order valence-corrected chi connectivity index (χ2v) is 5.99. The van der Waals surface area contributed by atoms with E-state index in [1.165, 1.54) is 0 Å². The molecule has 1 aliphatic rings. The fourth-order valence-corrected chi connectivity index (χ4v) is 2.86. The first-order chi connectivity index (χ1) is 10.5. The molecule has 22 heavy (non-hydrogen) atoms. The molecule has 0 spiro atoms. The summed E-state index contributed by atoms with van der Waals surface area (Å²) in [6, 6.07) is 2.21. The molecule has 0 bridgehead atoms. The van der Waals surface area contributed by atoms with Crippen molar-refractivity contribution in [3.63, 3.8) is 0 Å². The van der Waals surface area contributed by atoms with Crippen LogP contribution in [0.1, 0.15) is 44.0 Å². The normalized spacial score (nSPS) is 18.3. The Labute approximate surface area is 131 Å². The third kappa shape index (κ3) is 4.32. The Balaban J connectivity index is 1.73. The zero-order valence-electron chi connectivity index (χ0n) is 13.7. The van der Waals surface area contributed by atoms with Crippen LogP contribution in [0.2, 0.25) is 0 Å². The van der Waals surface area contributed by atoms with E-state index in [1.54, 1.807) is 4.68 Å². The van der Waals surface area contributed by atoms with Crippen LogP contribution in [0.3, 0.4) is 0 Å². The van der Waals surface area contributed by atoms with Crippen molar-refractivity contribution in [2.45, 2.75) is 59.0 Å². The maximum Gasteiger partial charge on any atom is 0.308 e. The quantitative estimate of drug-likeness (QED) is 0.779. The largest absolute Gasteiger partial charge is 0.456 e. The summed E-state index contributed by atoms with van der Waals surface area (Å²) >= 11 is 0. The number of carbonyl (C=O) groups excluding carboxylic acids is 2. The number of amides is 1. The van der Waals surface area contributed by atoms with E-state index in [4.69, 9.17) is 4.74 Å². The first-order valence-electron chi connectivity index (χ1n) is 7.93. The third-order valence-corrected chi connectivity index (χ3v) is 4.11. The predicted octanol–water partition coefficient (Wildman–Crippen LogP) is 1.83. The van der Waals surface area contributed by atoms with Crippen molar-refractivity contribution in [2.75, 3.05) is 13.2 Å². The van der Waals surface area contributed by atoms with E-state index in [9.17, 15) is 9.59 Å². The molecule has 122 valence electrons. The number of likely N-dealkylation sites (tertiary alicyclic amines) is 1. The number of esters is 1. The van der Waals surface area contributed by atoms with Crippen molar-refractivity contribution >= 4 is 11.9 Å². The molecule has 0 radical (unpaired) electrons. The SMILES string of the molecule is Cc1cc(C)n(CCC(=O)OCC(=O)N2CCCCC2C)n1. The second-order valence-electron chi connectivity index (χ2n) is 5.99. The molecule has 2 heterocycles. The zero-order chi connectivity index (χ0) is 16.1. The van der Waals surface area contributed by atoms with Crippen molar-refractivity contribution in [3.8, 4) is 0 Å². The molecule has 1 fully saturated rings. The van der Waals surface area contributed by atoms with E-state index in [0.29, 0.717) is 6.54 Å². The number of aryl methyl sites for hydroxylation is 3. The van der Waals surface area contributed by atoms with Gasteiger partial charge in [-0.2, -0.15) is 5.10 Å². The minimum absolute atomic E-state index is 0.0911. The maximum atomic E-state index is 12.1. The lowest BCUT2D eigenvalue weighted by atomic mass is 10.0. The topological polar surface area (TPSA) is 64.4 Å². The minimum atomic E-state index is -0.356. The molecule has 1 saturated heterocycles. The molecular formula is C16H25N3O3. The molecule has 0 N–H and O–H groups in total. The average Bonchev–Trinajstić information content (AvgIpc) is 2.81. The van der Waals surface area contributed by atoms with E-state index in [1.807, 2.05) is 31.7 Å². The molecule has 0 saturated carbocycles. The molecule has 1 atom stereocenters. The first-order valence-corrected chi connectivity index (χ1v) is 7.93. The van der Waals surface area contributed by atoms with Gasteiger partial charge in [0.05, 0.1) is 18.7 Å². The predicted molar refractivity (Wildman–Crippen MR) is 82.3 cm³/mol. The van der Waals surface area contributed by atoms with Crippen LogP contribution in [-0.2, 0) is 20.9 Å². The lowest BCUT2D eigenvalue weighted by molar-refractivity contribution is -0.153. The minimum Gasteiger partial charge on any atom is -0.456 e. The summed E-state index contributed by atoms with van der Waals surface area (Å²) in [5.74, 6) is -0.447. The molecule has 2 rings (SSSR count). The van der Waals surface area contributed by atoms with Crippen LogP contribution in [0.5, 0.6) is 0 Å². The van der Waals surface area contributed by atoms with Gasteiger partial charge in [-0.3, -0.25) is 14.3 Å². The van der Waals surface area contributed by atoms with Gasteiger partial charge >= 0.3 is 5.97 Å². The van der Waals surface area contributed by atoms with Gasteiger partial charge in [0.25, 0.3) is 5.91 Å². The van der Waals surface area contributed by atoms with E-state index in [-0.39, 0.29) is 30.9 Å². The summed E-state index contributed by atoms with van der Waals surface area (Å²) in [6.07, 6.45) is 3.44. The van der Waals surface area contributed by atoms with Crippen LogP contribution in [0, 0.1) is 13.8 Å². The van der Waals surface area contributed by atoms with Crippen molar-refractivity contribution in [1.29, 1.82) is 0 Å². The van der Waals surface area contributed by atoms with Crippen LogP contribution in [-0.4, -0.2) is 45.8 Å². The molecule has 1 aromatic heterocycles. The van der Waals surface area contributed by atoms with Crippen molar-refractivity contribution in [1.82, 2.24) is 14.7 Å². The van der Waals surface area contributed by atoms with Gasteiger partial charge in [-0.05, 0) is 46.1 Å². The Bertz CT molecular complexity index is 539. The van der Waals surface area contributed by atoms with Crippen molar-refractivity contribution < 1.29 is 14.3 Å². The Hall–Kier alpha value is -1.85. The van der Waals surface area contributed by atoms with Gasteiger partial charge in [0.2, 0.25) is 0 Å². The van der Waals surface area contributed by atoms with Gasteiger partial charge in [0.15, 0.2) is 6.61 Å². The van der Waals surface area contributed by atoms with Gasteiger partial charge in [-0.25, -0.2) is 0 Å². The molecule has 6 heteroatoms. The lowest BCUT2D eigenvalue weighted by Crippen LogP contribution is -2.44. The summed E-state index contributed by atoms with van der Waals surface area (Å²) in [5.41, 5.74) is 1.95. The Morgan fingerprint density at radius 3 is 2.77 bits per heavy atom. The number of rotatable bonds is 5. The van der Waals surface area contributed by atoms with Gasteiger partial charge in [-0.15, -0.1) is 0 Å². The number of nitrogens with zero attached hydrogens (tertiary/aromatic N) is 3. The van der Waals surface area contributed by atoms with Crippen LogP contribution >= 0.6 is 0 Å². The second kappa shape index (κ2) is 7.42. The number of aromatic nitrogens is 2. The Morgan fingerprint density at radius 1 is 1.36 bits per heavy atom. The number of ether oxygens (including phenoxy) is 1. The molecule has 1 unspecified atom stereocenters. The molecule has 1 amide bonds. The van der Waals surface area contributed by atoms with Crippen molar-refractivity contribution in [2.24, 2.45) is 0 Å². The highest BCUT2D eigenvalue weighted by Gasteiger charge is 2.23. The standard InChI is InChI=1S/C16H25N3O3/c1-12-10-14(3)19(17-12)9-7-16(21)22-11-15(20)18-8-5-4-6-13(18)2/h10,13H,4-9,11H2,1-3H3. The van der Waals surface area contributed by atoms with Gasteiger partial charge in [0, 0.05) is 18.3 Å². The highest BCUT2D eigenvalue weighted by atomic mass is 16.5. The molecule has 0 aliphatic carbocycles. The zero-order valence-corrected chi connectivity index (χ0v) is 13.7. The lowest BCUT2D eigenvalue weighted by Gasteiger charge is -2.33. The number of hydrogen-bond donors (Lipinski definition) is 0. The summed E-state index contributed by atoms with van der Waals surface area (Å²) < 4.78 is 6.89. The Kier molecular flexibility index (Phi) is 5.57. The van der Waals surface area contributed by atoms with Gasteiger partial charge in [0.1, 0.15) is 0 Å². The molecule has 1 aromatic rings. The third-order valence-electron chi connectivity index (χ3n) is 4.11. The monoisotopic (exact) mass is 307 g/mol. The highest BCUT2D eigenvalue weighted by molar-refractivity contribution is 5.80. The van der Waals surface area contributed by atoms with E-state index >= 15 is 0 Å². The molecule has 1 aliphatic heterocycles. The molecule has 0 aromatic carbocycles. The van der Waals surface area contributed by atoms with E-state index < -0.39 is 0 Å². The maximum absolute atomic E-state index is 12.1. The smallest absolute Gasteiger partial charge is 0.308 e. The van der Waals surface area contributed by atoms with Gasteiger partial charge in [-0.1, -0.05) is 0 Å². The van der Waals surface area contributed by atoms with Gasteiger partial charge < -0.3 is 9.64 Å². The average molecular weight is 307 g/mol. The molecule has 6 nitrogen and oxygen atoms in total. The highest BCUT2D eigenvalue weighted by Crippen LogP contribution is 2.16. The van der Waals surface area contributed by atoms with Crippen LogP contribution in [0.25, 0.3) is 0 Å².